The number of aromatic nitrogens is 1. The molecule has 1 heterocycles. The Morgan fingerprint density at radius 1 is 1.17 bits per heavy atom. The van der Waals surface area contributed by atoms with Crippen molar-refractivity contribution in [1.82, 2.24) is 14.8 Å². The zero-order valence-electron chi connectivity index (χ0n) is 17.8. The van der Waals surface area contributed by atoms with Crippen molar-refractivity contribution in [3.63, 3.8) is 0 Å². The van der Waals surface area contributed by atoms with Crippen LogP contribution >= 0.6 is 22.9 Å². The molecule has 0 radical (unpaired) electrons. The Balaban J connectivity index is 1.92. The predicted molar refractivity (Wildman–Crippen MR) is 120 cm³/mol. The molecule has 1 aromatic carbocycles. The Bertz CT molecular complexity index is 868. The van der Waals surface area contributed by atoms with E-state index in [1.807, 2.05) is 18.9 Å². The summed E-state index contributed by atoms with van der Waals surface area (Å²) in [4.78, 5) is 34.1. The lowest BCUT2D eigenvalue weighted by Crippen LogP contribution is -2.41. The standard InChI is InChI=1S/C21H29ClN4O2S/c1-13(2)21-23-14(3)20(29-21)15(4)25(5)12-19(28)26(6)11-18(27)24-17-10-8-7-9-16(17)22/h7-10,13,15H,11-12H2,1-6H3,(H,24,27)/t15-/m1/s1. The number of benzene rings is 1. The molecule has 2 rings (SSSR count). The van der Waals surface area contributed by atoms with E-state index in [1.165, 1.54) is 9.78 Å². The summed E-state index contributed by atoms with van der Waals surface area (Å²) < 4.78 is 0. The molecular formula is C21H29ClN4O2S. The van der Waals surface area contributed by atoms with Crippen molar-refractivity contribution >= 4 is 40.4 Å². The average molecular weight is 437 g/mol. The summed E-state index contributed by atoms with van der Waals surface area (Å²) in [6, 6.07) is 7.07. The third-order valence-corrected chi connectivity index (χ3v) is 6.68. The molecule has 0 saturated heterocycles. The minimum Gasteiger partial charge on any atom is -0.335 e. The largest absolute Gasteiger partial charge is 0.335 e. The van der Waals surface area contributed by atoms with Gasteiger partial charge in [-0.05, 0) is 33.0 Å². The lowest BCUT2D eigenvalue weighted by Gasteiger charge is -2.26. The molecular weight excluding hydrogens is 408 g/mol. The topological polar surface area (TPSA) is 65.5 Å². The van der Waals surface area contributed by atoms with Gasteiger partial charge in [0.1, 0.15) is 0 Å². The van der Waals surface area contributed by atoms with Gasteiger partial charge in [0.2, 0.25) is 11.8 Å². The van der Waals surface area contributed by atoms with Crippen molar-refractivity contribution in [2.75, 3.05) is 32.5 Å². The van der Waals surface area contributed by atoms with Crippen LogP contribution in [0, 0.1) is 6.92 Å². The van der Waals surface area contributed by atoms with E-state index >= 15 is 0 Å². The number of rotatable bonds is 8. The second kappa shape index (κ2) is 10.2. The van der Waals surface area contributed by atoms with Crippen LogP contribution in [0.3, 0.4) is 0 Å². The maximum absolute atomic E-state index is 12.6. The van der Waals surface area contributed by atoms with Crippen LogP contribution in [0.15, 0.2) is 24.3 Å². The minimum atomic E-state index is -0.287. The summed E-state index contributed by atoms with van der Waals surface area (Å²) in [6.45, 7) is 8.51. The van der Waals surface area contributed by atoms with Crippen LogP contribution in [-0.4, -0.2) is 53.8 Å². The molecule has 1 N–H and O–H groups in total. The molecule has 0 aliphatic rings. The second-order valence-corrected chi connectivity index (χ2v) is 8.99. The molecule has 1 aromatic heterocycles. The van der Waals surface area contributed by atoms with Crippen molar-refractivity contribution in [2.45, 2.75) is 39.7 Å². The molecule has 0 bridgehead atoms. The van der Waals surface area contributed by atoms with Crippen LogP contribution in [0.4, 0.5) is 5.69 Å². The fourth-order valence-corrected chi connectivity index (χ4v) is 4.16. The molecule has 2 amide bonds. The van der Waals surface area contributed by atoms with Gasteiger partial charge in [-0.1, -0.05) is 37.6 Å². The molecule has 0 spiro atoms. The average Bonchev–Trinajstić information content (AvgIpc) is 3.04. The van der Waals surface area contributed by atoms with E-state index in [4.69, 9.17) is 11.6 Å². The second-order valence-electron chi connectivity index (χ2n) is 7.53. The summed E-state index contributed by atoms with van der Waals surface area (Å²) in [6.07, 6.45) is 0. The highest BCUT2D eigenvalue weighted by molar-refractivity contribution is 7.11. The van der Waals surface area contributed by atoms with Gasteiger partial charge >= 0.3 is 0 Å². The molecule has 1 atom stereocenters. The first kappa shape index (κ1) is 23.3. The Morgan fingerprint density at radius 3 is 2.41 bits per heavy atom. The molecule has 6 nitrogen and oxygen atoms in total. The number of thiazole rings is 1. The zero-order valence-corrected chi connectivity index (χ0v) is 19.4. The minimum absolute atomic E-state index is 0.0383. The van der Waals surface area contributed by atoms with Gasteiger partial charge in [0.25, 0.3) is 0 Å². The summed E-state index contributed by atoms with van der Waals surface area (Å²) >= 11 is 7.76. The number of carbonyl (C=O) groups excluding carboxylic acids is 2. The SMILES string of the molecule is Cc1nc(C(C)C)sc1[C@@H](C)N(C)CC(=O)N(C)CC(=O)Nc1ccccc1Cl. The highest BCUT2D eigenvalue weighted by Gasteiger charge is 2.23. The fourth-order valence-electron chi connectivity index (χ4n) is 2.79. The lowest BCUT2D eigenvalue weighted by atomic mass is 10.2. The van der Waals surface area contributed by atoms with Gasteiger partial charge in [0.05, 0.1) is 34.5 Å². The molecule has 0 unspecified atom stereocenters. The van der Waals surface area contributed by atoms with E-state index in [9.17, 15) is 9.59 Å². The molecule has 0 fully saturated rings. The van der Waals surface area contributed by atoms with Crippen LogP contribution in [0.1, 0.15) is 48.3 Å². The van der Waals surface area contributed by atoms with Crippen molar-refractivity contribution in [1.29, 1.82) is 0 Å². The van der Waals surface area contributed by atoms with Crippen molar-refractivity contribution < 1.29 is 9.59 Å². The highest BCUT2D eigenvalue weighted by atomic mass is 35.5. The van der Waals surface area contributed by atoms with Crippen molar-refractivity contribution in [2.24, 2.45) is 0 Å². The third kappa shape index (κ3) is 6.26. The number of anilines is 1. The maximum atomic E-state index is 12.6. The summed E-state index contributed by atoms with van der Waals surface area (Å²) in [5.74, 6) is -0.0289. The quantitative estimate of drug-likeness (QED) is 0.669. The summed E-state index contributed by atoms with van der Waals surface area (Å²) in [5, 5.41) is 4.30. The van der Waals surface area contributed by atoms with Crippen LogP contribution in [0.25, 0.3) is 0 Å². The van der Waals surface area contributed by atoms with Crippen LogP contribution < -0.4 is 5.32 Å². The number of nitrogens with one attached hydrogen (secondary N) is 1. The van der Waals surface area contributed by atoms with Gasteiger partial charge in [-0.25, -0.2) is 4.98 Å². The highest BCUT2D eigenvalue weighted by Crippen LogP contribution is 2.31. The lowest BCUT2D eigenvalue weighted by molar-refractivity contribution is -0.134. The number of nitrogens with zero attached hydrogens (tertiary/aromatic N) is 3. The smallest absolute Gasteiger partial charge is 0.244 e. The third-order valence-electron chi connectivity index (χ3n) is 4.72. The van der Waals surface area contributed by atoms with E-state index in [0.29, 0.717) is 16.6 Å². The fraction of sp³-hybridized carbons (Fsp3) is 0.476. The molecule has 0 saturated carbocycles. The zero-order chi connectivity index (χ0) is 21.7. The Morgan fingerprint density at radius 2 is 1.83 bits per heavy atom. The molecule has 158 valence electrons. The van der Waals surface area contributed by atoms with Gasteiger partial charge in [0.15, 0.2) is 0 Å². The number of aryl methyl sites for hydroxylation is 1. The van der Waals surface area contributed by atoms with Gasteiger partial charge in [-0.15, -0.1) is 11.3 Å². The van der Waals surface area contributed by atoms with Crippen LogP contribution in [0.2, 0.25) is 5.02 Å². The molecule has 29 heavy (non-hydrogen) atoms. The van der Waals surface area contributed by atoms with Crippen molar-refractivity contribution in [3.8, 4) is 0 Å². The molecule has 0 aliphatic carbocycles. The summed E-state index contributed by atoms with van der Waals surface area (Å²) in [7, 11) is 3.54. The van der Waals surface area contributed by atoms with Gasteiger partial charge in [0, 0.05) is 23.9 Å². The Hall–Kier alpha value is -1.96. The number of amides is 2. The van der Waals surface area contributed by atoms with E-state index in [1.54, 1.807) is 42.6 Å². The number of likely N-dealkylation sites (N-methyl/N-ethyl adjacent to an activating group) is 2. The first-order valence-corrected chi connectivity index (χ1v) is 10.7. The van der Waals surface area contributed by atoms with E-state index < -0.39 is 0 Å². The number of para-hydroxylation sites is 1. The van der Waals surface area contributed by atoms with Crippen LogP contribution in [0.5, 0.6) is 0 Å². The Labute approximate surface area is 181 Å². The Kier molecular flexibility index (Phi) is 8.19. The number of hydrogen-bond donors (Lipinski definition) is 1. The first-order chi connectivity index (χ1) is 13.6. The van der Waals surface area contributed by atoms with Crippen molar-refractivity contribution in [3.05, 3.63) is 44.9 Å². The number of carbonyl (C=O) groups is 2. The van der Waals surface area contributed by atoms with Gasteiger partial charge in [-0.3, -0.25) is 14.5 Å². The molecule has 0 aliphatic heterocycles. The number of hydrogen-bond acceptors (Lipinski definition) is 5. The van der Waals surface area contributed by atoms with E-state index in [-0.39, 0.29) is 30.9 Å². The predicted octanol–water partition coefficient (Wildman–Crippen LogP) is 4.32. The molecule has 8 heteroatoms. The summed E-state index contributed by atoms with van der Waals surface area (Å²) in [5.41, 5.74) is 1.55. The van der Waals surface area contributed by atoms with E-state index in [2.05, 4.69) is 31.1 Å². The molecule has 2 aromatic rings. The van der Waals surface area contributed by atoms with Gasteiger partial charge < -0.3 is 10.2 Å². The monoisotopic (exact) mass is 436 g/mol. The number of halogens is 1. The van der Waals surface area contributed by atoms with Gasteiger partial charge in [-0.2, -0.15) is 0 Å². The van der Waals surface area contributed by atoms with Crippen LogP contribution in [-0.2, 0) is 9.59 Å². The normalized spacial score (nSPS) is 12.3. The van der Waals surface area contributed by atoms with E-state index in [0.717, 1.165) is 10.7 Å². The maximum Gasteiger partial charge on any atom is 0.244 e. The first-order valence-electron chi connectivity index (χ1n) is 9.56.